The molecule has 100 valence electrons. The highest BCUT2D eigenvalue weighted by atomic mass is 16.1. The van der Waals surface area contributed by atoms with Crippen molar-refractivity contribution in [3.05, 3.63) is 34.9 Å². The largest absolute Gasteiger partial charge is 0.352 e. The summed E-state index contributed by atoms with van der Waals surface area (Å²) in [7, 11) is 0. The van der Waals surface area contributed by atoms with Crippen molar-refractivity contribution in [2.45, 2.75) is 26.2 Å². The van der Waals surface area contributed by atoms with Crippen molar-refractivity contribution >= 4 is 5.91 Å². The predicted molar refractivity (Wildman–Crippen MR) is 76.8 cm³/mol. The van der Waals surface area contributed by atoms with Gasteiger partial charge < -0.3 is 11.1 Å². The lowest BCUT2D eigenvalue weighted by molar-refractivity contribution is 0.0939. The molecule has 1 aliphatic rings. The number of carbonyl (C=O) groups is 1. The average Bonchev–Trinajstić information content (AvgIpc) is 2.35. The fraction of sp³-hybridized carbons (Fsp3) is 0.438. The minimum absolute atomic E-state index is 0.0114. The van der Waals surface area contributed by atoms with Gasteiger partial charge in [0.15, 0.2) is 0 Å². The zero-order chi connectivity index (χ0) is 13.7. The molecule has 2 rings (SSSR count). The maximum atomic E-state index is 12.0. The molecule has 0 atom stereocenters. The molecule has 0 aliphatic heterocycles. The van der Waals surface area contributed by atoms with Crippen LogP contribution < -0.4 is 11.1 Å². The van der Waals surface area contributed by atoms with Gasteiger partial charge in [0.1, 0.15) is 0 Å². The molecule has 1 saturated carbocycles. The third kappa shape index (κ3) is 3.59. The Morgan fingerprint density at radius 1 is 1.47 bits per heavy atom. The lowest BCUT2D eigenvalue weighted by Crippen LogP contribution is -2.32. The third-order valence-corrected chi connectivity index (χ3v) is 3.60. The van der Waals surface area contributed by atoms with Crippen LogP contribution in [0.3, 0.4) is 0 Å². The topological polar surface area (TPSA) is 55.1 Å². The van der Waals surface area contributed by atoms with Gasteiger partial charge in [0, 0.05) is 17.7 Å². The van der Waals surface area contributed by atoms with E-state index in [2.05, 4.69) is 17.2 Å². The van der Waals surface area contributed by atoms with Crippen molar-refractivity contribution < 1.29 is 4.79 Å². The molecular weight excluding hydrogens is 236 g/mol. The van der Waals surface area contributed by atoms with Crippen LogP contribution in [0, 0.1) is 24.7 Å². The first-order valence-corrected chi connectivity index (χ1v) is 6.78. The molecule has 3 N–H and O–H groups in total. The van der Waals surface area contributed by atoms with Crippen LogP contribution in [0.5, 0.6) is 0 Å². The zero-order valence-electron chi connectivity index (χ0n) is 11.3. The van der Waals surface area contributed by atoms with Crippen molar-refractivity contribution in [2.75, 3.05) is 13.1 Å². The fourth-order valence-electron chi connectivity index (χ4n) is 2.08. The number of nitrogens with one attached hydrogen (secondary N) is 1. The lowest BCUT2D eigenvalue weighted by Gasteiger charge is -2.25. The van der Waals surface area contributed by atoms with Gasteiger partial charge in [-0.15, -0.1) is 0 Å². The van der Waals surface area contributed by atoms with Crippen molar-refractivity contribution in [3.8, 4) is 11.8 Å². The molecule has 3 nitrogen and oxygen atoms in total. The predicted octanol–water partition coefficient (Wildman–Crippen LogP) is 1.84. The van der Waals surface area contributed by atoms with Gasteiger partial charge >= 0.3 is 0 Å². The number of hydrogen-bond acceptors (Lipinski definition) is 2. The summed E-state index contributed by atoms with van der Waals surface area (Å²) in [4.78, 5) is 12.0. The van der Waals surface area contributed by atoms with E-state index >= 15 is 0 Å². The molecule has 0 spiro atoms. The van der Waals surface area contributed by atoms with Crippen LogP contribution in [-0.4, -0.2) is 19.0 Å². The molecule has 0 unspecified atom stereocenters. The Morgan fingerprint density at radius 3 is 2.89 bits per heavy atom. The van der Waals surface area contributed by atoms with Gasteiger partial charge in [-0.3, -0.25) is 4.79 Å². The number of aryl methyl sites for hydroxylation is 1. The Bertz CT molecular complexity index is 521. The average molecular weight is 256 g/mol. The molecule has 1 aromatic rings. The minimum atomic E-state index is -0.0114. The maximum Gasteiger partial charge on any atom is 0.251 e. The Labute approximate surface area is 114 Å². The van der Waals surface area contributed by atoms with Crippen LogP contribution in [0.4, 0.5) is 0 Å². The van der Waals surface area contributed by atoms with Gasteiger partial charge in [0.2, 0.25) is 0 Å². The van der Waals surface area contributed by atoms with Crippen LogP contribution >= 0.6 is 0 Å². The molecule has 0 aromatic heterocycles. The molecule has 0 radical (unpaired) electrons. The highest BCUT2D eigenvalue weighted by Gasteiger charge is 2.18. The standard InChI is InChI=1S/C16H20N2O/c1-12-7-8-15(10-14(12)6-3-9-17)16(19)18-11-13-4-2-5-13/h7-8,10,13H,2,4-5,9,11,17H2,1H3,(H,18,19). The van der Waals surface area contributed by atoms with Crippen molar-refractivity contribution in [1.82, 2.24) is 5.32 Å². The summed E-state index contributed by atoms with van der Waals surface area (Å²) in [5.74, 6) is 6.49. The molecule has 0 saturated heterocycles. The van der Waals surface area contributed by atoms with Crippen LogP contribution in [0.1, 0.15) is 40.7 Å². The smallest absolute Gasteiger partial charge is 0.251 e. The van der Waals surface area contributed by atoms with Gasteiger partial charge in [0.05, 0.1) is 6.54 Å². The number of rotatable bonds is 3. The van der Waals surface area contributed by atoms with Gasteiger partial charge in [-0.25, -0.2) is 0 Å². The molecule has 1 fully saturated rings. The van der Waals surface area contributed by atoms with Gasteiger partial charge in [0.25, 0.3) is 5.91 Å². The fourth-order valence-corrected chi connectivity index (χ4v) is 2.08. The van der Waals surface area contributed by atoms with E-state index in [0.717, 1.165) is 17.7 Å². The second kappa shape index (κ2) is 6.40. The first-order chi connectivity index (χ1) is 9.20. The van der Waals surface area contributed by atoms with E-state index in [0.29, 0.717) is 18.0 Å². The van der Waals surface area contributed by atoms with Crippen molar-refractivity contribution in [3.63, 3.8) is 0 Å². The Morgan fingerprint density at radius 2 is 2.26 bits per heavy atom. The monoisotopic (exact) mass is 256 g/mol. The number of carbonyl (C=O) groups excluding carboxylic acids is 1. The van der Waals surface area contributed by atoms with E-state index in [1.54, 1.807) is 0 Å². The van der Waals surface area contributed by atoms with Gasteiger partial charge in [-0.1, -0.05) is 24.3 Å². The van der Waals surface area contributed by atoms with E-state index in [1.807, 2.05) is 25.1 Å². The van der Waals surface area contributed by atoms with Crippen LogP contribution in [-0.2, 0) is 0 Å². The third-order valence-electron chi connectivity index (χ3n) is 3.60. The SMILES string of the molecule is Cc1ccc(C(=O)NCC2CCC2)cc1C#CCN. The number of nitrogens with two attached hydrogens (primary N) is 1. The van der Waals surface area contributed by atoms with Crippen molar-refractivity contribution in [1.29, 1.82) is 0 Å². The first-order valence-electron chi connectivity index (χ1n) is 6.78. The molecule has 0 heterocycles. The van der Waals surface area contributed by atoms with E-state index in [1.165, 1.54) is 19.3 Å². The molecule has 1 amide bonds. The number of amides is 1. The van der Waals surface area contributed by atoms with Crippen molar-refractivity contribution in [2.24, 2.45) is 11.7 Å². The van der Waals surface area contributed by atoms with Crippen LogP contribution in [0.25, 0.3) is 0 Å². The molecule has 19 heavy (non-hydrogen) atoms. The Kier molecular flexibility index (Phi) is 4.59. The normalized spacial score (nSPS) is 14.2. The molecule has 3 heteroatoms. The Balaban J connectivity index is 2.04. The summed E-state index contributed by atoms with van der Waals surface area (Å²) in [6, 6.07) is 5.62. The molecular formula is C16H20N2O. The summed E-state index contributed by atoms with van der Waals surface area (Å²) < 4.78 is 0. The highest BCUT2D eigenvalue weighted by Crippen LogP contribution is 2.25. The second-order valence-corrected chi connectivity index (χ2v) is 5.04. The second-order valence-electron chi connectivity index (χ2n) is 5.04. The summed E-state index contributed by atoms with van der Waals surface area (Å²) in [5, 5.41) is 2.99. The minimum Gasteiger partial charge on any atom is -0.352 e. The summed E-state index contributed by atoms with van der Waals surface area (Å²) in [6.45, 7) is 3.10. The lowest BCUT2D eigenvalue weighted by atomic mass is 9.85. The van der Waals surface area contributed by atoms with Crippen LogP contribution in [0.2, 0.25) is 0 Å². The van der Waals surface area contributed by atoms with Gasteiger partial charge in [-0.2, -0.15) is 0 Å². The molecule has 1 aromatic carbocycles. The number of hydrogen-bond donors (Lipinski definition) is 2. The molecule has 0 bridgehead atoms. The quantitative estimate of drug-likeness (QED) is 0.811. The van der Waals surface area contributed by atoms with Gasteiger partial charge in [-0.05, 0) is 43.4 Å². The van der Waals surface area contributed by atoms with E-state index in [4.69, 9.17) is 5.73 Å². The van der Waals surface area contributed by atoms with E-state index in [-0.39, 0.29) is 5.91 Å². The van der Waals surface area contributed by atoms with E-state index < -0.39 is 0 Å². The zero-order valence-corrected chi connectivity index (χ0v) is 11.3. The summed E-state index contributed by atoms with van der Waals surface area (Å²) >= 11 is 0. The summed E-state index contributed by atoms with van der Waals surface area (Å²) in [6.07, 6.45) is 3.77. The Hall–Kier alpha value is -1.79. The molecule has 1 aliphatic carbocycles. The number of benzene rings is 1. The highest BCUT2D eigenvalue weighted by molar-refractivity contribution is 5.94. The maximum absolute atomic E-state index is 12.0. The van der Waals surface area contributed by atoms with Crippen LogP contribution in [0.15, 0.2) is 18.2 Å². The van der Waals surface area contributed by atoms with E-state index in [9.17, 15) is 4.79 Å². The first kappa shape index (κ1) is 13.6. The summed E-state index contributed by atoms with van der Waals surface area (Å²) in [5.41, 5.74) is 7.99.